The van der Waals surface area contributed by atoms with E-state index in [1.54, 1.807) is 0 Å². The first-order chi connectivity index (χ1) is 26.0. The molecule has 0 aromatic carbocycles. The average Bonchev–Trinajstić information content (AvgIpc) is 3.89. The number of fused-ring (bicyclic) bond motifs is 5. The summed E-state index contributed by atoms with van der Waals surface area (Å²) in [5, 5.41) is 24.4. The van der Waals surface area contributed by atoms with Crippen molar-refractivity contribution in [2.45, 2.75) is 131 Å². The number of unbranched alkanes of at least 4 members (excludes halogenated alkanes) is 7. The number of aliphatic carboxylic acids is 1. The minimum atomic E-state index is -0.876. The molecule has 9 nitrogen and oxygen atoms in total. The SMILES string of the molecule is CCCC/C=C/CCCCCCCC(=O)OC1=C(C)C2=NC1=CC1=NC(=Cc3[n-]c4c(c3C)=C([O-])CC=4C3=NC(=C2)[C@@H](C)[C@@H]3CCC(=O)O)C(CC)=C1C.[Ni+2]. The molecule has 8 bridgehead atoms. The molecule has 0 fully saturated rings. The molecule has 2 atom stereocenters. The molecule has 294 valence electrons. The average molecular weight is 790 g/mol. The van der Waals surface area contributed by atoms with Crippen molar-refractivity contribution in [2.75, 3.05) is 0 Å². The second-order valence-corrected chi connectivity index (χ2v) is 15.2. The van der Waals surface area contributed by atoms with Gasteiger partial charge in [-0.25, -0.2) is 9.98 Å². The Morgan fingerprint density at radius 2 is 1.60 bits per heavy atom. The van der Waals surface area contributed by atoms with Crippen LogP contribution in [0.2, 0.25) is 0 Å². The van der Waals surface area contributed by atoms with Crippen molar-refractivity contribution in [1.29, 1.82) is 0 Å². The summed E-state index contributed by atoms with van der Waals surface area (Å²) in [5.41, 5.74) is 9.26. The van der Waals surface area contributed by atoms with E-state index in [1.165, 1.54) is 19.3 Å². The third-order valence-corrected chi connectivity index (χ3v) is 11.4. The largest absolute Gasteiger partial charge is 2.00 e. The van der Waals surface area contributed by atoms with E-state index < -0.39 is 5.97 Å². The van der Waals surface area contributed by atoms with Gasteiger partial charge in [-0.3, -0.25) is 14.6 Å². The summed E-state index contributed by atoms with van der Waals surface area (Å²) < 4.78 is 6.13. The van der Waals surface area contributed by atoms with Gasteiger partial charge in [0.25, 0.3) is 0 Å². The number of ether oxygens (including phenoxy) is 1. The number of allylic oxidation sites excluding steroid dienone is 8. The van der Waals surface area contributed by atoms with Crippen LogP contribution in [0.4, 0.5) is 0 Å². The van der Waals surface area contributed by atoms with Crippen LogP contribution >= 0.6 is 0 Å². The molecule has 5 heterocycles. The predicted molar refractivity (Wildman–Crippen MR) is 214 cm³/mol. The molecule has 1 aromatic rings. The molecule has 6 rings (SSSR count). The fraction of sp³-hybridized carbons (Fsp3) is 0.489. The molecule has 1 aliphatic carbocycles. The van der Waals surface area contributed by atoms with Crippen LogP contribution in [-0.2, 0) is 30.8 Å². The third kappa shape index (κ3) is 9.06. The number of esters is 1. The fourth-order valence-corrected chi connectivity index (χ4v) is 8.16. The maximum Gasteiger partial charge on any atom is 2.00 e. The number of hydrogen-bond acceptors (Lipinski definition) is 7. The van der Waals surface area contributed by atoms with Gasteiger partial charge in [0.1, 0.15) is 5.70 Å². The predicted octanol–water partition coefficient (Wildman–Crippen LogP) is 7.60. The van der Waals surface area contributed by atoms with E-state index >= 15 is 0 Å². The summed E-state index contributed by atoms with van der Waals surface area (Å²) in [5.74, 6) is -1.08. The van der Waals surface area contributed by atoms with Crippen LogP contribution in [0.25, 0.3) is 17.4 Å². The van der Waals surface area contributed by atoms with Crippen molar-refractivity contribution in [3.8, 4) is 0 Å². The Morgan fingerprint density at radius 1 is 0.909 bits per heavy atom. The molecule has 0 saturated carbocycles. The van der Waals surface area contributed by atoms with Crippen molar-refractivity contribution in [1.82, 2.24) is 4.98 Å². The Labute approximate surface area is 335 Å². The van der Waals surface area contributed by atoms with Crippen molar-refractivity contribution >= 4 is 46.5 Å². The van der Waals surface area contributed by atoms with E-state index in [2.05, 4.69) is 26.0 Å². The number of aliphatic imine (C=N–C) groups is 3. The number of hydrogen-bond donors (Lipinski definition) is 1. The van der Waals surface area contributed by atoms with Crippen molar-refractivity contribution in [2.24, 2.45) is 26.8 Å². The molecule has 4 aliphatic heterocycles. The van der Waals surface area contributed by atoms with Crippen LogP contribution in [0, 0.1) is 18.8 Å². The first-order valence-electron chi connectivity index (χ1n) is 20.0. The summed E-state index contributed by atoms with van der Waals surface area (Å²) in [6.07, 6.45) is 21.9. The van der Waals surface area contributed by atoms with Crippen LogP contribution in [0.3, 0.4) is 0 Å². The second-order valence-electron chi connectivity index (χ2n) is 15.2. The van der Waals surface area contributed by atoms with E-state index in [-0.39, 0.29) is 52.9 Å². The van der Waals surface area contributed by atoms with E-state index in [0.717, 1.165) is 95.6 Å². The molecule has 1 N–H and O–H groups in total. The number of carbonyl (C=O) groups is 2. The van der Waals surface area contributed by atoms with Crippen molar-refractivity contribution < 1.29 is 41.0 Å². The van der Waals surface area contributed by atoms with Crippen molar-refractivity contribution in [3.05, 3.63) is 85.7 Å². The molecule has 0 radical (unpaired) electrons. The van der Waals surface area contributed by atoms with Gasteiger partial charge in [-0.2, -0.15) is 0 Å². The Hall–Kier alpha value is -4.30. The molecule has 1 aromatic heterocycles. The Bertz CT molecular complexity index is 2130. The number of carboxylic acid groups (broad SMARTS) is 1. The topological polar surface area (TPSA) is 138 Å². The van der Waals surface area contributed by atoms with Gasteiger partial charge in [-0.1, -0.05) is 76.7 Å². The molecular weight excluding hydrogens is 735 g/mol. The molecule has 5 aliphatic rings. The standard InChI is InChI=1S/C45H56N4O5.Ni/c1-7-9-10-11-12-13-14-15-16-17-18-19-41(53)54-45-29(6)36-23-34-27(4)31(20-21-40(51)52)43(48-34)32-22-39(50)42-28(5)35(49-44(32)42)24-37-30(8-2)26(3)33(46-37)25-38(45)47-36;/h11-12,23-25,27,31H,7-10,13-22H2,1-6H3,(H3,46,47,48,49,50,51,52);/q;+2/p-2/b12-11+;/t27-,31-;/m0./s1. The summed E-state index contributed by atoms with van der Waals surface area (Å²) in [6, 6.07) is 0. The summed E-state index contributed by atoms with van der Waals surface area (Å²) in [4.78, 5) is 45.3. The zero-order valence-corrected chi connectivity index (χ0v) is 34.1. The number of nitrogens with zero attached hydrogens (tertiary/aromatic N) is 4. The maximum absolute atomic E-state index is 13.5. The number of rotatable bonds is 16. The molecule has 10 heteroatoms. The normalized spacial score (nSPS) is 20.1. The maximum atomic E-state index is 13.5. The molecule has 0 saturated heterocycles. The Balaban J connectivity index is 0.00000580. The van der Waals surface area contributed by atoms with Gasteiger partial charge in [-0.15, -0.1) is 16.8 Å². The van der Waals surface area contributed by atoms with Gasteiger partial charge in [-0.05, 0) is 99.8 Å². The third-order valence-electron chi connectivity index (χ3n) is 11.4. The second kappa shape index (κ2) is 18.6. The van der Waals surface area contributed by atoms with Crippen LogP contribution in [0.5, 0.6) is 0 Å². The van der Waals surface area contributed by atoms with Crippen LogP contribution in [0.15, 0.2) is 78.9 Å². The Morgan fingerprint density at radius 3 is 2.33 bits per heavy atom. The first-order valence-corrected chi connectivity index (χ1v) is 20.0. The van der Waals surface area contributed by atoms with E-state index in [4.69, 9.17) is 24.7 Å². The molecule has 0 unspecified atom stereocenters. The monoisotopic (exact) mass is 788 g/mol. The van der Waals surface area contributed by atoms with Crippen LogP contribution in [0.1, 0.15) is 136 Å². The van der Waals surface area contributed by atoms with Gasteiger partial charge < -0.3 is 19.9 Å². The first kappa shape index (κ1) is 41.9. The number of carboxylic acids is 1. The molecule has 55 heavy (non-hydrogen) atoms. The van der Waals surface area contributed by atoms with Gasteiger partial charge in [0.15, 0.2) is 5.76 Å². The zero-order valence-electron chi connectivity index (χ0n) is 33.1. The van der Waals surface area contributed by atoms with Crippen LogP contribution < -0.4 is 20.7 Å². The van der Waals surface area contributed by atoms with Gasteiger partial charge in [0.05, 0.1) is 17.1 Å². The van der Waals surface area contributed by atoms with Crippen LogP contribution in [-0.4, -0.2) is 34.2 Å². The smallest absolute Gasteiger partial charge is 0.875 e. The quantitative estimate of drug-likeness (QED) is 0.0793. The van der Waals surface area contributed by atoms with E-state index in [9.17, 15) is 19.8 Å². The van der Waals surface area contributed by atoms with Gasteiger partial charge in [0, 0.05) is 41.7 Å². The molecule has 0 spiro atoms. The summed E-state index contributed by atoms with van der Waals surface area (Å²) >= 11 is 0. The van der Waals surface area contributed by atoms with Gasteiger partial charge in [0.2, 0.25) is 0 Å². The number of aromatic nitrogens is 1. The molecule has 0 amide bonds. The Kier molecular flexibility index (Phi) is 14.1. The fourth-order valence-electron chi connectivity index (χ4n) is 8.16. The zero-order chi connectivity index (χ0) is 38.5. The van der Waals surface area contributed by atoms with Gasteiger partial charge >= 0.3 is 28.4 Å². The minimum absolute atomic E-state index is 0. The number of carbonyl (C=O) groups excluding carboxylic acids is 1. The van der Waals surface area contributed by atoms with E-state index in [0.29, 0.717) is 46.3 Å². The summed E-state index contributed by atoms with van der Waals surface area (Å²) in [7, 11) is 0. The molecular formula is C45H54N4NiO5. The van der Waals surface area contributed by atoms with Crippen molar-refractivity contribution in [3.63, 3.8) is 0 Å². The van der Waals surface area contributed by atoms with E-state index in [1.807, 2.05) is 45.9 Å². The minimum Gasteiger partial charge on any atom is -0.875 e. The summed E-state index contributed by atoms with van der Waals surface area (Å²) in [6.45, 7) is 12.2.